The predicted octanol–water partition coefficient (Wildman–Crippen LogP) is 3.24. The summed E-state index contributed by atoms with van der Waals surface area (Å²) in [6.07, 6.45) is 2.28. The zero-order chi connectivity index (χ0) is 19.3. The van der Waals surface area contributed by atoms with Crippen LogP contribution < -0.4 is 0 Å². The highest BCUT2D eigenvalue weighted by atomic mass is 32.2. The van der Waals surface area contributed by atoms with Gasteiger partial charge in [-0.25, -0.2) is 8.42 Å². The van der Waals surface area contributed by atoms with E-state index in [1.54, 1.807) is 17.5 Å². The number of benzene rings is 1. The third-order valence-corrected chi connectivity index (χ3v) is 8.27. The van der Waals surface area contributed by atoms with E-state index in [2.05, 4.69) is 12.1 Å². The van der Waals surface area contributed by atoms with E-state index in [0.717, 1.165) is 19.3 Å². The molecule has 1 aromatic heterocycles. The first-order valence-electron chi connectivity index (χ1n) is 9.38. The van der Waals surface area contributed by atoms with E-state index in [0.29, 0.717) is 23.8 Å². The zero-order valence-corrected chi connectivity index (χ0v) is 17.2. The highest BCUT2D eigenvalue weighted by Gasteiger charge is 2.35. The third-order valence-electron chi connectivity index (χ3n) is 5.03. The van der Waals surface area contributed by atoms with Gasteiger partial charge in [0.1, 0.15) is 4.21 Å². The molecule has 0 N–H and O–H groups in total. The molecule has 0 aliphatic carbocycles. The van der Waals surface area contributed by atoms with Crippen LogP contribution in [0.3, 0.4) is 0 Å². The Morgan fingerprint density at radius 2 is 2.00 bits per heavy atom. The molecule has 1 saturated heterocycles. The van der Waals surface area contributed by atoms with Crippen molar-refractivity contribution in [1.29, 1.82) is 0 Å². The monoisotopic (exact) mass is 406 g/mol. The van der Waals surface area contributed by atoms with Crippen molar-refractivity contribution in [2.24, 2.45) is 5.92 Å². The van der Waals surface area contributed by atoms with Gasteiger partial charge in [0.25, 0.3) is 10.0 Å². The van der Waals surface area contributed by atoms with Crippen LogP contribution in [0, 0.1) is 5.92 Å². The molecule has 1 aromatic carbocycles. The predicted molar refractivity (Wildman–Crippen MR) is 108 cm³/mol. The van der Waals surface area contributed by atoms with E-state index in [1.807, 2.05) is 30.0 Å². The van der Waals surface area contributed by atoms with Gasteiger partial charge in [0, 0.05) is 26.2 Å². The van der Waals surface area contributed by atoms with E-state index < -0.39 is 10.0 Å². The summed E-state index contributed by atoms with van der Waals surface area (Å²) in [4.78, 5) is 14.9. The molecule has 1 unspecified atom stereocenters. The minimum absolute atomic E-state index is 0.0690. The molecule has 146 valence electrons. The Bertz CT molecular complexity index is 835. The molecule has 0 bridgehead atoms. The molecule has 1 aliphatic heterocycles. The maximum Gasteiger partial charge on any atom is 0.252 e. The molecule has 3 rings (SSSR count). The highest BCUT2D eigenvalue weighted by molar-refractivity contribution is 7.91. The number of piperidine rings is 1. The van der Waals surface area contributed by atoms with Gasteiger partial charge in [-0.15, -0.1) is 11.3 Å². The summed E-state index contributed by atoms with van der Waals surface area (Å²) in [7, 11) is -3.49. The van der Waals surface area contributed by atoms with Gasteiger partial charge in [-0.1, -0.05) is 36.4 Å². The van der Waals surface area contributed by atoms with Gasteiger partial charge < -0.3 is 4.90 Å². The molecule has 27 heavy (non-hydrogen) atoms. The van der Waals surface area contributed by atoms with Crippen molar-refractivity contribution in [2.75, 3.05) is 26.2 Å². The Kier molecular flexibility index (Phi) is 6.68. The Labute approximate surface area is 165 Å². The quantitative estimate of drug-likeness (QED) is 0.709. The van der Waals surface area contributed by atoms with Crippen molar-refractivity contribution < 1.29 is 13.2 Å². The minimum atomic E-state index is -3.49. The zero-order valence-electron chi connectivity index (χ0n) is 15.6. The van der Waals surface area contributed by atoms with Gasteiger partial charge in [0.2, 0.25) is 5.91 Å². The second kappa shape index (κ2) is 8.99. The summed E-state index contributed by atoms with van der Waals surface area (Å²) in [6, 6.07) is 13.5. The minimum Gasteiger partial charge on any atom is -0.342 e. The number of carbonyl (C=O) groups is 1. The summed E-state index contributed by atoms with van der Waals surface area (Å²) in [5.74, 6) is -0.191. The molecule has 1 amide bonds. The fraction of sp³-hybridized carbons (Fsp3) is 0.450. The second-order valence-corrected chi connectivity index (χ2v) is 9.90. The molecule has 1 aliphatic rings. The maximum absolute atomic E-state index is 13.0. The summed E-state index contributed by atoms with van der Waals surface area (Å²) in [5, 5.41) is 1.77. The van der Waals surface area contributed by atoms with Crippen molar-refractivity contribution >= 4 is 27.3 Å². The van der Waals surface area contributed by atoms with Gasteiger partial charge in [-0.05, 0) is 43.2 Å². The molecule has 0 spiro atoms. The summed E-state index contributed by atoms with van der Waals surface area (Å²) < 4.78 is 27.4. The molecule has 2 aromatic rings. The fourth-order valence-electron chi connectivity index (χ4n) is 3.49. The van der Waals surface area contributed by atoms with Crippen molar-refractivity contribution in [3.63, 3.8) is 0 Å². The van der Waals surface area contributed by atoms with Crippen molar-refractivity contribution in [3.05, 3.63) is 53.4 Å². The number of likely N-dealkylation sites (N-methyl/N-ethyl adjacent to an activating group) is 1. The lowest BCUT2D eigenvalue weighted by molar-refractivity contribution is -0.136. The van der Waals surface area contributed by atoms with Crippen molar-refractivity contribution in [1.82, 2.24) is 9.21 Å². The average molecular weight is 407 g/mol. The highest BCUT2D eigenvalue weighted by Crippen LogP contribution is 2.27. The molecule has 2 heterocycles. The number of carbonyl (C=O) groups excluding carboxylic acids is 1. The first-order valence-corrected chi connectivity index (χ1v) is 11.7. The summed E-state index contributed by atoms with van der Waals surface area (Å²) in [6.45, 7) is 4.04. The van der Waals surface area contributed by atoms with Gasteiger partial charge in [0.15, 0.2) is 0 Å². The molecular formula is C20H26N2O3S2. The third kappa shape index (κ3) is 4.78. The Hall–Kier alpha value is -1.70. The average Bonchev–Trinajstić information content (AvgIpc) is 3.25. The fourth-order valence-corrected chi connectivity index (χ4v) is 6.16. The molecular weight excluding hydrogens is 380 g/mol. The van der Waals surface area contributed by atoms with Gasteiger partial charge in [0.05, 0.1) is 5.92 Å². The van der Waals surface area contributed by atoms with Crippen LogP contribution in [0.25, 0.3) is 0 Å². The molecule has 0 radical (unpaired) electrons. The Morgan fingerprint density at radius 3 is 2.67 bits per heavy atom. The van der Waals surface area contributed by atoms with Crippen molar-refractivity contribution in [3.8, 4) is 0 Å². The SMILES string of the molecule is CCN(CCc1ccccc1)C(=O)C1CCCN(S(=O)(=O)c2cccs2)C1. The van der Waals surface area contributed by atoms with E-state index in [9.17, 15) is 13.2 Å². The lowest BCUT2D eigenvalue weighted by Crippen LogP contribution is -2.47. The molecule has 0 saturated carbocycles. The lowest BCUT2D eigenvalue weighted by Gasteiger charge is -2.34. The van der Waals surface area contributed by atoms with Crippen LogP contribution in [-0.2, 0) is 21.2 Å². The topological polar surface area (TPSA) is 57.7 Å². The summed E-state index contributed by atoms with van der Waals surface area (Å²) >= 11 is 1.22. The van der Waals surface area contributed by atoms with Gasteiger partial charge in [-0.3, -0.25) is 4.79 Å². The van der Waals surface area contributed by atoms with Crippen LogP contribution in [0.2, 0.25) is 0 Å². The number of amides is 1. The van der Waals surface area contributed by atoms with Crippen molar-refractivity contribution in [2.45, 2.75) is 30.4 Å². The van der Waals surface area contributed by atoms with E-state index in [-0.39, 0.29) is 18.4 Å². The number of hydrogen-bond acceptors (Lipinski definition) is 4. The van der Waals surface area contributed by atoms with E-state index in [4.69, 9.17) is 0 Å². The second-order valence-electron chi connectivity index (χ2n) is 6.79. The molecule has 1 fully saturated rings. The molecule has 5 nitrogen and oxygen atoms in total. The van der Waals surface area contributed by atoms with Gasteiger partial charge in [-0.2, -0.15) is 4.31 Å². The standard InChI is InChI=1S/C20H26N2O3S2/c1-2-21(14-12-17-8-4-3-5-9-17)20(23)18-10-6-13-22(16-18)27(24,25)19-11-7-15-26-19/h3-5,7-9,11,15,18H,2,6,10,12-14,16H2,1H3. The number of sulfonamides is 1. The number of nitrogens with zero attached hydrogens (tertiary/aromatic N) is 2. The van der Waals surface area contributed by atoms with Gasteiger partial charge >= 0.3 is 0 Å². The number of rotatable bonds is 7. The lowest BCUT2D eigenvalue weighted by atomic mass is 9.98. The Morgan fingerprint density at radius 1 is 1.22 bits per heavy atom. The Balaban J connectivity index is 1.64. The van der Waals surface area contributed by atoms with E-state index in [1.165, 1.54) is 21.2 Å². The summed E-state index contributed by atoms with van der Waals surface area (Å²) in [5.41, 5.74) is 1.20. The van der Waals surface area contributed by atoms with Crippen LogP contribution in [0.5, 0.6) is 0 Å². The first kappa shape index (κ1) is 20.0. The van der Waals surface area contributed by atoms with Crippen LogP contribution in [-0.4, -0.2) is 49.7 Å². The molecule has 1 atom stereocenters. The van der Waals surface area contributed by atoms with Crippen LogP contribution in [0.1, 0.15) is 25.3 Å². The van der Waals surface area contributed by atoms with E-state index >= 15 is 0 Å². The number of thiophene rings is 1. The molecule has 7 heteroatoms. The largest absolute Gasteiger partial charge is 0.342 e. The first-order chi connectivity index (χ1) is 13.0. The maximum atomic E-state index is 13.0. The number of hydrogen-bond donors (Lipinski definition) is 0. The van der Waals surface area contributed by atoms with Crippen LogP contribution in [0.4, 0.5) is 0 Å². The normalized spacial score (nSPS) is 18.3. The smallest absolute Gasteiger partial charge is 0.252 e. The van der Waals surface area contributed by atoms with Crippen LogP contribution >= 0.6 is 11.3 Å². The van der Waals surface area contributed by atoms with Crippen LogP contribution in [0.15, 0.2) is 52.1 Å².